The molecule has 0 bridgehead atoms. The topological polar surface area (TPSA) is 84.2 Å². The molecule has 0 saturated carbocycles. The standard InChI is InChI=1S/C17H27N3O2/c1-12(2)15(17(22)19-11-7-6-10-18)20-16(21)14-9-5-4-8-13(14)3/h4-5,8-9,12,15H,6-7,10-11,18H2,1-3H3,(H,19,22)(H,20,21). The molecule has 0 aromatic heterocycles. The van der Waals surface area contributed by atoms with Crippen molar-refractivity contribution in [1.29, 1.82) is 0 Å². The summed E-state index contributed by atoms with van der Waals surface area (Å²) in [6, 6.07) is 6.81. The molecular weight excluding hydrogens is 278 g/mol. The summed E-state index contributed by atoms with van der Waals surface area (Å²) in [5, 5.41) is 5.70. The molecule has 0 aliphatic carbocycles. The number of benzene rings is 1. The molecular formula is C17H27N3O2. The van der Waals surface area contributed by atoms with Crippen LogP contribution in [0.25, 0.3) is 0 Å². The fraction of sp³-hybridized carbons (Fsp3) is 0.529. The van der Waals surface area contributed by atoms with Crippen molar-refractivity contribution in [3.8, 4) is 0 Å². The average molecular weight is 305 g/mol. The smallest absolute Gasteiger partial charge is 0.252 e. The van der Waals surface area contributed by atoms with E-state index in [1.54, 1.807) is 6.07 Å². The van der Waals surface area contributed by atoms with Gasteiger partial charge < -0.3 is 16.4 Å². The number of carbonyl (C=O) groups excluding carboxylic acids is 2. The van der Waals surface area contributed by atoms with Crippen molar-refractivity contribution in [3.63, 3.8) is 0 Å². The largest absolute Gasteiger partial charge is 0.354 e. The van der Waals surface area contributed by atoms with Gasteiger partial charge in [0.1, 0.15) is 6.04 Å². The Morgan fingerprint density at radius 1 is 1.18 bits per heavy atom. The van der Waals surface area contributed by atoms with E-state index in [4.69, 9.17) is 5.73 Å². The third-order valence-corrected chi connectivity index (χ3v) is 3.56. The summed E-state index contributed by atoms with van der Waals surface area (Å²) in [6.45, 7) is 6.92. The number of hydrogen-bond donors (Lipinski definition) is 3. The summed E-state index contributed by atoms with van der Waals surface area (Å²) in [6.07, 6.45) is 1.72. The van der Waals surface area contributed by atoms with Gasteiger partial charge in [-0.3, -0.25) is 9.59 Å². The van der Waals surface area contributed by atoms with E-state index in [1.165, 1.54) is 0 Å². The molecule has 5 nitrogen and oxygen atoms in total. The molecule has 122 valence electrons. The fourth-order valence-corrected chi connectivity index (χ4v) is 2.17. The van der Waals surface area contributed by atoms with Gasteiger partial charge in [-0.05, 0) is 43.9 Å². The molecule has 0 saturated heterocycles. The van der Waals surface area contributed by atoms with Crippen molar-refractivity contribution in [3.05, 3.63) is 35.4 Å². The molecule has 1 atom stereocenters. The highest BCUT2D eigenvalue weighted by atomic mass is 16.2. The predicted octanol–water partition coefficient (Wildman–Crippen LogP) is 1.60. The zero-order valence-electron chi connectivity index (χ0n) is 13.7. The van der Waals surface area contributed by atoms with Crippen molar-refractivity contribution >= 4 is 11.8 Å². The number of rotatable bonds is 8. The summed E-state index contributed by atoms with van der Waals surface area (Å²) < 4.78 is 0. The van der Waals surface area contributed by atoms with Crippen molar-refractivity contribution in [1.82, 2.24) is 10.6 Å². The molecule has 4 N–H and O–H groups in total. The van der Waals surface area contributed by atoms with Crippen molar-refractivity contribution < 1.29 is 9.59 Å². The normalized spacial score (nSPS) is 12.0. The first-order chi connectivity index (χ1) is 10.5. The lowest BCUT2D eigenvalue weighted by molar-refractivity contribution is -0.123. The van der Waals surface area contributed by atoms with Crippen molar-refractivity contribution in [2.75, 3.05) is 13.1 Å². The second-order valence-electron chi connectivity index (χ2n) is 5.80. The highest BCUT2D eigenvalue weighted by Crippen LogP contribution is 2.09. The van der Waals surface area contributed by atoms with Gasteiger partial charge in [-0.15, -0.1) is 0 Å². The number of carbonyl (C=O) groups is 2. The van der Waals surface area contributed by atoms with Gasteiger partial charge in [-0.2, -0.15) is 0 Å². The lowest BCUT2D eigenvalue weighted by Crippen LogP contribution is -2.50. The van der Waals surface area contributed by atoms with Crippen LogP contribution < -0.4 is 16.4 Å². The van der Waals surface area contributed by atoms with E-state index in [0.717, 1.165) is 18.4 Å². The number of unbranched alkanes of at least 4 members (excludes halogenated alkanes) is 1. The molecule has 0 heterocycles. The lowest BCUT2D eigenvalue weighted by Gasteiger charge is -2.22. The molecule has 0 aliphatic heterocycles. The maximum absolute atomic E-state index is 12.4. The van der Waals surface area contributed by atoms with Gasteiger partial charge in [0, 0.05) is 12.1 Å². The maximum Gasteiger partial charge on any atom is 0.252 e. The molecule has 1 aromatic carbocycles. The molecule has 2 amide bonds. The Kier molecular flexibility index (Phi) is 7.60. The van der Waals surface area contributed by atoms with Crippen LogP contribution in [0.3, 0.4) is 0 Å². The Hall–Kier alpha value is -1.88. The SMILES string of the molecule is Cc1ccccc1C(=O)NC(C(=O)NCCCCN)C(C)C. The third kappa shape index (κ3) is 5.48. The van der Waals surface area contributed by atoms with Gasteiger partial charge in [-0.25, -0.2) is 0 Å². The van der Waals surface area contributed by atoms with Crippen molar-refractivity contribution in [2.45, 2.75) is 39.7 Å². The molecule has 22 heavy (non-hydrogen) atoms. The Labute approximate surface area is 132 Å². The summed E-state index contributed by atoms with van der Waals surface area (Å²) in [5.74, 6) is -0.342. The molecule has 0 radical (unpaired) electrons. The molecule has 0 spiro atoms. The van der Waals surface area contributed by atoms with Gasteiger partial charge in [0.05, 0.1) is 0 Å². The van der Waals surface area contributed by atoms with Gasteiger partial charge in [0.25, 0.3) is 5.91 Å². The lowest BCUT2D eigenvalue weighted by atomic mass is 10.0. The van der Waals surface area contributed by atoms with E-state index in [1.807, 2.05) is 39.0 Å². The summed E-state index contributed by atoms with van der Waals surface area (Å²) in [4.78, 5) is 24.6. The quantitative estimate of drug-likeness (QED) is 0.638. The minimum absolute atomic E-state index is 0.0162. The summed E-state index contributed by atoms with van der Waals surface area (Å²) in [5.41, 5.74) is 6.92. The summed E-state index contributed by atoms with van der Waals surface area (Å²) in [7, 11) is 0. The van der Waals surface area contributed by atoms with Gasteiger partial charge in [0.15, 0.2) is 0 Å². The second kappa shape index (κ2) is 9.20. The molecule has 1 unspecified atom stereocenters. The van der Waals surface area contributed by atoms with E-state index in [-0.39, 0.29) is 17.7 Å². The highest BCUT2D eigenvalue weighted by Gasteiger charge is 2.24. The Morgan fingerprint density at radius 3 is 2.45 bits per heavy atom. The van der Waals surface area contributed by atoms with E-state index in [2.05, 4.69) is 10.6 Å². The minimum atomic E-state index is -0.537. The molecule has 0 fully saturated rings. The third-order valence-electron chi connectivity index (χ3n) is 3.56. The Morgan fingerprint density at radius 2 is 1.86 bits per heavy atom. The van der Waals surface area contributed by atoms with Crippen LogP contribution in [0.1, 0.15) is 42.6 Å². The van der Waals surface area contributed by atoms with E-state index < -0.39 is 6.04 Å². The number of amides is 2. The Bertz CT molecular complexity index is 500. The van der Waals surface area contributed by atoms with Crippen LogP contribution in [-0.4, -0.2) is 30.9 Å². The molecule has 1 rings (SSSR count). The number of nitrogens with two attached hydrogens (primary N) is 1. The van der Waals surface area contributed by atoms with E-state index in [9.17, 15) is 9.59 Å². The van der Waals surface area contributed by atoms with Crippen molar-refractivity contribution in [2.24, 2.45) is 11.7 Å². The first kappa shape index (κ1) is 18.2. The zero-order chi connectivity index (χ0) is 16.5. The zero-order valence-corrected chi connectivity index (χ0v) is 13.7. The maximum atomic E-state index is 12.4. The number of nitrogens with one attached hydrogen (secondary N) is 2. The van der Waals surface area contributed by atoms with Crippen LogP contribution in [0.2, 0.25) is 0 Å². The van der Waals surface area contributed by atoms with Crippen LogP contribution in [0.5, 0.6) is 0 Å². The first-order valence-corrected chi connectivity index (χ1v) is 7.81. The predicted molar refractivity (Wildman–Crippen MR) is 88.6 cm³/mol. The first-order valence-electron chi connectivity index (χ1n) is 7.81. The minimum Gasteiger partial charge on any atom is -0.354 e. The molecule has 5 heteroatoms. The highest BCUT2D eigenvalue weighted by molar-refractivity contribution is 5.98. The van der Waals surface area contributed by atoms with Gasteiger partial charge in [-0.1, -0.05) is 32.0 Å². The van der Waals surface area contributed by atoms with Gasteiger partial charge in [0.2, 0.25) is 5.91 Å². The Balaban J connectivity index is 2.66. The average Bonchev–Trinajstić information content (AvgIpc) is 2.49. The van der Waals surface area contributed by atoms with E-state index >= 15 is 0 Å². The van der Waals surface area contributed by atoms with Gasteiger partial charge >= 0.3 is 0 Å². The van der Waals surface area contributed by atoms with E-state index in [0.29, 0.717) is 18.7 Å². The number of aryl methyl sites for hydroxylation is 1. The molecule has 0 aliphatic rings. The van der Waals surface area contributed by atoms with Crippen LogP contribution in [-0.2, 0) is 4.79 Å². The summed E-state index contributed by atoms with van der Waals surface area (Å²) >= 11 is 0. The molecule has 1 aromatic rings. The number of hydrogen-bond acceptors (Lipinski definition) is 3. The second-order valence-corrected chi connectivity index (χ2v) is 5.80. The van der Waals surface area contributed by atoms with Crippen LogP contribution >= 0.6 is 0 Å². The van der Waals surface area contributed by atoms with Crippen LogP contribution in [0.15, 0.2) is 24.3 Å². The monoisotopic (exact) mass is 305 g/mol. The van der Waals surface area contributed by atoms with Crippen LogP contribution in [0.4, 0.5) is 0 Å². The van der Waals surface area contributed by atoms with Crippen LogP contribution in [0, 0.1) is 12.8 Å². The fourth-order valence-electron chi connectivity index (χ4n) is 2.17.